The molecule has 13 heteroatoms. The second-order valence-corrected chi connectivity index (χ2v) is 50.6. The van der Waals surface area contributed by atoms with Crippen LogP contribution in [0.3, 0.4) is 0 Å². The molecule has 2 aliphatic carbocycles. The van der Waals surface area contributed by atoms with Gasteiger partial charge in [0.25, 0.3) is 0 Å². The maximum absolute atomic E-state index is 14.6. The van der Waals surface area contributed by atoms with E-state index in [9.17, 15) is 26.3 Å². The molecule has 2 aliphatic rings. The Morgan fingerprint density at radius 1 is 0.544 bits per heavy atom. The van der Waals surface area contributed by atoms with Crippen molar-refractivity contribution in [3.8, 4) is 22.3 Å². The van der Waals surface area contributed by atoms with E-state index in [1.165, 1.54) is 24.3 Å². The van der Waals surface area contributed by atoms with Crippen molar-refractivity contribution in [3.05, 3.63) is 129 Å². The van der Waals surface area contributed by atoms with Gasteiger partial charge in [0.1, 0.15) is 0 Å². The van der Waals surface area contributed by atoms with Gasteiger partial charge in [-0.1, -0.05) is 0 Å². The van der Waals surface area contributed by atoms with Crippen molar-refractivity contribution in [2.24, 2.45) is 11.8 Å². The number of halogens is 8. The summed E-state index contributed by atoms with van der Waals surface area (Å²) < 4.78 is 89.1. The molecule has 57 heavy (non-hydrogen) atoms. The van der Waals surface area contributed by atoms with Crippen molar-refractivity contribution < 1.29 is 42.5 Å². The summed E-state index contributed by atoms with van der Waals surface area (Å²) in [7, 11) is 13.5. The third kappa shape index (κ3) is 8.08. The predicted octanol–water partition coefficient (Wildman–Crippen LogP) is 15.2. The third-order valence-corrected chi connectivity index (χ3v) is 38.8. The van der Waals surface area contributed by atoms with E-state index in [2.05, 4.69) is 71.1 Å². The van der Waals surface area contributed by atoms with Gasteiger partial charge in [0.15, 0.2) is 0 Å². The molecule has 0 fully saturated rings. The molecule has 0 aromatic heterocycles. The van der Waals surface area contributed by atoms with Gasteiger partial charge in [-0.25, -0.2) is 0 Å². The molecule has 0 amide bonds. The van der Waals surface area contributed by atoms with E-state index >= 15 is 0 Å². The number of hydrogen-bond donors (Lipinski definition) is 0. The summed E-state index contributed by atoms with van der Waals surface area (Å²) in [6.45, 7) is 22.1. The Morgan fingerprint density at radius 2 is 0.877 bits per heavy atom. The SMILES string of the molecule is CC(C)C1=Cc2c(-c3ccccc3C(F)(F)F)cccc2[CH]1[Zr]([Cl])([Cl])([BH]N([Si](C)(C)C)[Si](C)(C)C)[CH]1C(C(C)C)=Cc2c(-c3ccccc3C(F)(F)F)cccc21. The minimum absolute atomic E-state index is 0.0666. The van der Waals surface area contributed by atoms with Crippen LogP contribution >= 0.6 is 17.0 Å². The van der Waals surface area contributed by atoms with Gasteiger partial charge < -0.3 is 0 Å². The summed E-state index contributed by atoms with van der Waals surface area (Å²) >= 11 is -5.84. The number of fused-ring (bicyclic) bond motifs is 2. The van der Waals surface area contributed by atoms with Gasteiger partial charge in [-0.15, -0.1) is 0 Å². The zero-order valence-corrected chi connectivity index (χ0v) is 40.2. The fraction of sp³-hybridized carbons (Fsp3) is 0.364. The standard InChI is InChI=1S/2C19H16F3.C6H19BNSi2.2ClH.Zr/c2*1-12(2)14-10-13-6-5-8-15(17(13)11-14)16-7-3-4-9-18(16)19(20,21)22;1-9(2,3)8(7)10(4,5)6;;;/h2*3-12H,1-2H3;7H,1-6H3;2*1H;/q;;+1;;;+1/p-2. The molecule has 0 N–H and O–H groups in total. The van der Waals surface area contributed by atoms with Crippen LogP contribution in [0.4, 0.5) is 26.3 Å². The molecule has 0 saturated carbocycles. The third-order valence-electron chi connectivity index (χ3n) is 11.8. The van der Waals surface area contributed by atoms with Crippen LogP contribution in [0.15, 0.2) is 96.1 Å². The van der Waals surface area contributed by atoms with E-state index in [1.807, 2.05) is 36.4 Å². The molecule has 0 heterocycles. The number of benzene rings is 4. The van der Waals surface area contributed by atoms with Crippen LogP contribution in [0, 0.1) is 11.8 Å². The van der Waals surface area contributed by atoms with Gasteiger partial charge in [-0.2, -0.15) is 0 Å². The Kier molecular flexibility index (Phi) is 11.8. The van der Waals surface area contributed by atoms with E-state index in [-0.39, 0.29) is 23.0 Å². The molecule has 303 valence electrons. The normalized spacial score (nSPS) is 18.4. The van der Waals surface area contributed by atoms with Gasteiger partial charge in [-0.05, 0) is 0 Å². The summed E-state index contributed by atoms with van der Waals surface area (Å²) in [6.07, 6.45) is -5.06. The average molecular weight is 937 g/mol. The number of hydrogen-bond acceptors (Lipinski definition) is 1. The molecule has 6 rings (SSSR count). The molecule has 0 saturated heterocycles. The minimum atomic E-state index is -5.84. The summed E-state index contributed by atoms with van der Waals surface area (Å²) in [5.41, 5.74) is 4.69. The van der Waals surface area contributed by atoms with Crippen molar-refractivity contribution in [2.45, 2.75) is 86.6 Å². The van der Waals surface area contributed by atoms with Gasteiger partial charge in [-0.3, -0.25) is 0 Å². The molecule has 4 aromatic carbocycles. The van der Waals surface area contributed by atoms with Crippen molar-refractivity contribution in [1.29, 1.82) is 0 Å². The van der Waals surface area contributed by atoms with Gasteiger partial charge in [0.2, 0.25) is 0 Å². The Balaban J connectivity index is 1.72. The van der Waals surface area contributed by atoms with Crippen LogP contribution in [0.5, 0.6) is 0 Å². The molecule has 0 aliphatic heterocycles. The van der Waals surface area contributed by atoms with Crippen molar-refractivity contribution in [3.63, 3.8) is 0 Å². The van der Waals surface area contributed by atoms with Crippen LogP contribution in [0.1, 0.15) is 68.3 Å². The zero-order valence-electron chi connectivity index (χ0n) is 34.2. The summed E-state index contributed by atoms with van der Waals surface area (Å²) in [5, 5.41) is 0. The molecule has 2 unspecified atom stereocenters. The topological polar surface area (TPSA) is 3.24 Å². The number of nitrogens with zero attached hydrogens (tertiary/aromatic N) is 1. The van der Waals surface area contributed by atoms with Gasteiger partial charge in [0.05, 0.1) is 0 Å². The van der Waals surface area contributed by atoms with Crippen LogP contribution in [-0.4, -0.2) is 25.6 Å². The molecule has 4 aromatic rings. The van der Waals surface area contributed by atoms with Crippen LogP contribution in [0.25, 0.3) is 34.4 Å². The van der Waals surface area contributed by atoms with Crippen molar-refractivity contribution in [1.82, 2.24) is 4.14 Å². The van der Waals surface area contributed by atoms with E-state index in [0.29, 0.717) is 27.2 Å². The fourth-order valence-electron chi connectivity index (χ4n) is 9.70. The first-order chi connectivity index (χ1) is 26.2. The van der Waals surface area contributed by atoms with Crippen molar-refractivity contribution in [2.75, 3.05) is 0 Å². The zero-order chi connectivity index (χ0) is 42.3. The molecule has 1 nitrogen and oxygen atoms in total. The van der Waals surface area contributed by atoms with Crippen molar-refractivity contribution >= 4 is 50.6 Å². The molecule has 2 atom stereocenters. The predicted molar refractivity (Wildman–Crippen MR) is 232 cm³/mol. The fourth-order valence-corrected chi connectivity index (χ4v) is 52.2. The Morgan fingerprint density at radius 3 is 1.19 bits per heavy atom. The second kappa shape index (κ2) is 15.1. The molecule has 0 bridgehead atoms. The van der Waals surface area contributed by atoms with Gasteiger partial charge in [0, 0.05) is 0 Å². The first kappa shape index (κ1) is 44.4. The Labute approximate surface area is 344 Å². The molecular formula is C44H51BCl2F6NSi2Zr. The second-order valence-electron chi connectivity index (χ2n) is 18.4. The van der Waals surface area contributed by atoms with Crippen LogP contribution < -0.4 is 0 Å². The van der Waals surface area contributed by atoms with Gasteiger partial charge >= 0.3 is 347 Å². The monoisotopic (exact) mass is 934 g/mol. The first-order valence-corrected chi connectivity index (χ1v) is 37.3. The van der Waals surface area contributed by atoms with Crippen LogP contribution in [-0.2, 0) is 28.5 Å². The Bertz CT molecular complexity index is 2120. The Hall–Kier alpha value is -2.14. The number of allylic oxidation sites excluding steroid dienone is 2. The summed E-state index contributed by atoms with van der Waals surface area (Å²) in [6, 6.07) is 22.4. The molecule has 0 spiro atoms. The first-order valence-electron chi connectivity index (χ1n) is 19.5. The van der Waals surface area contributed by atoms with E-state index < -0.39 is 63.4 Å². The summed E-state index contributed by atoms with van der Waals surface area (Å²) in [5.74, 6) is -0.133. The number of rotatable bonds is 10. The van der Waals surface area contributed by atoms with E-state index in [0.717, 1.165) is 34.4 Å². The quantitative estimate of drug-likeness (QED) is 0.113. The van der Waals surface area contributed by atoms with E-state index in [4.69, 9.17) is 17.0 Å². The molecule has 0 radical (unpaired) electrons. The molecular weight excluding hydrogens is 886 g/mol. The summed E-state index contributed by atoms with van der Waals surface area (Å²) in [4.78, 5) is 0.435. The maximum atomic E-state index is 14.6. The average Bonchev–Trinajstić information content (AvgIpc) is 3.71. The number of alkyl halides is 6. The van der Waals surface area contributed by atoms with Crippen LogP contribution in [0.2, 0.25) is 39.3 Å². The van der Waals surface area contributed by atoms with E-state index in [1.54, 1.807) is 24.3 Å².